The summed E-state index contributed by atoms with van der Waals surface area (Å²) in [5.74, 6) is 0.597. The maximum absolute atomic E-state index is 13.6. The summed E-state index contributed by atoms with van der Waals surface area (Å²) in [6.07, 6.45) is 1.96. The number of rotatable bonds is 4. The van der Waals surface area contributed by atoms with Crippen molar-refractivity contribution in [2.24, 2.45) is 11.7 Å². The van der Waals surface area contributed by atoms with Crippen LogP contribution in [-0.2, 0) is 0 Å². The number of benzene rings is 1. The standard InChI is InChI=1S/C19H26FN5O.ClH/c1-12(2)18-22-17(23-25(18)16-8-4-7-15(20)10-16)19(26)24-9-5-6-14(11-24)13(3)21;/h4,7-8,10,12-14H,5-6,9,11,21H2,1-3H3;1H. The Morgan fingerprint density at radius 2 is 2.07 bits per heavy atom. The van der Waals surface area contributed by atoms with Crippen LogP contribution in [0, 0.1) is 11.7 Å². The van der Waals surface area contributed by atoms with E-state index < -0.39 is 0 Å². The Labute approximate surface area is 165 Å². The van der Waals surface area contributed by atoms with Crippen LogP contribution in [-0.4, -0.2) is 44.7 Å². The Morgan fingerprint density at radius 1 is 1.33 bits per heavy atom. The molecule has 0 saturated carbocycles. The van der Waals surface area contributed by atoms with Crippen LogP contribution in [0.3, 0.4) is 0 Å². The molecule has 0 spiro atoms. The van der Waals surface area contributed by atoms with Gasteiger partial charge in [-0.05, 0) is 43.9 Å². The topological polar surface area (TPSA) is 77.0 Å². The van der Waals surface area contributed by atoms with Crippen LogP contribution in [0.5, 0.6) is 0 Å². The predicted octanol–water partition coefficient (Wildman–Crippen LogP) is 3.15. The molecule has 1 aliphatic rings. The van der Waals surface area contributed by atoms with Crippen molar-refractivity contribution in [1.82, 2.24) is 19.7 Å². The summed E-state index contributed by atoms with van der Waals surface area (Å²) in [5.41, 5.74) is 6.58. The maximum atomic E-state index is 13.6. The lowest BCUT2D eigenvalue weighted by atomic mass is 9.92. The summed E-state index contributed by atoms with van der Waals surface area (Å²) in [6.45, 7) is 7.24. The first-order chi connectivity index (χ1) is 12.4. The largest absolute Gasteiger partial charge is 0.336 e. The minimum absolute atomic E-state index is 0. The SMILES string of the molecule is CC(C)c1nc(C(=O)N2CCCC(C(C)N)C2)nn1-c1cccc(F)c1.Cl. The molecule has 148 valence electrons. The number of halogens is 2. The molecule has 1 saturated heterocycles. The van der Waals surface area contributed by atoms with Crippen LogP contribution in [0.2, 0.25) is 0 Å². The van der Waals surface area contributed by atoms with E-state index >= 15 is 0 Å². The quantitative estimate of drug-likeness (QED) is 0.862. The minimum Gasteiger partial charge on any atom is -0.336 e. The average molecular weight is 396 g/mol. The fourth-order valence-electron chi connectivity index (χ4n) is 3.35. The van der Waals surface area contributed by atoms with E-state index in [1.165, 1.54) is 12.1 Å². The van der Waals surface area contributed by atoms with Gasteiger partial charge in [-0.1, -0.05) is 19.9 Å². The molecule has 1 aromatic carbocycles. The first-order valence-corrected chi connectivity index (χ1v) is 9.14. The highest BCUT2D eigenvalue weighted by Crippen LogP contribution is 2.22. The third kappa shape index (κ3) is 4.65. The summed E-state index contributed by atoms with van der Waals surface area (Å²) in [6, 6.07) is 6.20. The zero-order valence-corrected chi connectivity index (χ0v) is 16.7. The third-order valence-electron chi connectivity index (χ3n) is 4.88. The van der Waals surface area contributed by atoms with E-state index in [4.69, 9.17) is 5.73 Å². The van der Waals surface area contributed by atoms with Gasteiger partial charge in [-0.2, -0.15) is 0 Å². The van der Waals surface area contributed by atoms with E-state index in [2.05, 4.69) is 10.1 Å². The van der Waals surface area contributed by atoms with Crippen LogP contribution < -0.4 is 5.73 Å². The minimum atomic E-state index is -0.351. The van der Waals surface area contributed by atoms with Crippen LogP contribution in [0.25, 0.3) is 5.69 Å². The van der Waals surface area contributed by atoms with Gasteiger partial charge in [0.1, 0.15) is 11.6 Å². The zero-order valence-electron chi connectivity index (χ0n) is 15.9. The first kappa shape index (κ1) is 21.3. The van der Waals surface area contributed by atoms with Gasteiger partial charge in [-0.15, -0.1) is 17.5 Å². The van der Waals surface area contributed by atoms with E-state index in [0.29, 0.717) is 30.5 Å². The van der Waals surface area contributed by atoms with Gasteiger partial charge in [-0.3, -0.25) is 4.79 Å². The van der Waals surface area contributed by atoms with Gasteiger partial charge >= 0.3 is 0 Å². The molecule has 0 bridgehead atoms. The van der Waals surface area contributed by atoms with Crippen LogP contribution in [0.4, 0.5) is 4.39 Å². The molecule has 2 atom stereocenters. The second-order valence-electron chi connectivity index (χ2n) is 7.35. The monoisotopic (exact) mass is 395 g/mol. The van der Waals surface area contributed by atoms with Gasteiger partial charge in [-0.25, -0.2) is 14.1 Å². The predicted molar refractivity (Wildman–Crippen MR) is 105 cm³/mol. The molecule has 1 aliphatic heterocycles. The van der Waals surface area contributed by atoms with Gasteiger partial charge < -0.3 is 10.6 Å². The molecule has 1 amide bonds. The lowest BCUT2D eigenvalue weighted by molar-refractivity contribution is 0.0648. The number of hydrogen-bond acceptors (Lipinski definition) is 4. The van der Waals surface area contributed by atoms with E-state index in [0.717, 1.165) is 12.8 Å². The molecular formula is C19H27ClFN5O. The van der Waals surface area contributed by atoms with Crippen LogP contribution >= 0.6 is 12.4 Å². The number of amides is 1. The molecule has 0 aliphatic carbocycles. The lowest BCUT2D eigenvalue weighted by Crippen LogP contribution is -2.45. The van der Waals surface area contributed by atoms with Crippen molar-refractivity contribution >= 4 is 18.3 Å². The highest BCUT2D eigenvalue weighted by molar-refractivity contribution is 5.90. The van der Waals surface area contributed by atoms with Crippen molar-refractivity contribution in [2.75, 3.05) is 13.1 Å². The molecule has 8 heteroatoms. The molecule has 1 fully saturated rings. The van der Waals surface area contributed by atoms with Crippen LogP contribution in [0.15, 0.2) is 24.3 Å². The summed E-state index contributed by atoms with van der Waals surface area (Å²) in [4.78, 5) is 19.2. The van der Waals surface area contributed by atoms with Crippen molar-refractivity contribution in [1.29, 1.82) is 0 Å². The zero-order chi connectivity index (χ0) is 18.8. The van der Waals surface area contributed by atoms with Crippen molar-refractivity contribution in [2.45, 2.75) is 45.6 Å². The highest BCUT2D eigenvalue weighted by atomic mass is 35.5. The molecular weight excluding hydrogens is 369 g/mol. The van der Waals surface area contributed by atoms with E-state index in [1.807, 2.05) is 20.8 Å². The van der Waals surface area contributed by atoms with Crippen molar-refractivity contribution in [3.63, 3.8) is 0 Å². The molecule has 27 heavy (non-hydrogen) atoms. The molecule has 0 radical (unpaired) electrons. The second-order valence-corrected chi connectivity index (χ2v) is 7.35. The molecule has 3 rings (SSSR count). The van der Waals surface area contributed by atoms with Crippen molar-refractivity contribution in [3.8, 4) is 5.69 Å². The number of carbonyl (C=O) groups excluding carboxylic acids is 1. The number of hydrogen-bond donors (Lipinski definition) is 1. The number of carbonyl (C=O) groups is 1. The second kappa shape index (κ2) is 8.80. The number of nitrogens with zero attached hydrogens (tertiary/aromatic N) is 4. The summed E-state index contributed by atoms with van der Waals surface area (Å²) in [7, 11) is 0. The summed E-state index contributed by atoms with van der Waals surface area (Å²) < 4.78 is 15.2. The third-order valence-corrected chi connectivity index (χ3v) is 4.88. The fourth-order valence-corrected chi connectivity index (χ4v) is 3.35. The van der Waals surface area contributed by atoms with Gasteiger partial charge in [0, 0.05) is 25.0 Å². The summed E-state index contributed by atoms with van der Waals surface area (Å²) in [5, 5.41) is 4.40. The van der Waals surface area contributed by atoms with Gasteiger partial charge in [0.25, 0.3) is 5.91 Å². The smallest absolute Gasteiger partial charge is 0.293 e. The molecule has 2 aromatic rings. The van der Waals surface area contributed by atoms with Gasteiger partial charge in [0.2, 0.25) is 5.82 Å². The van der Waals surface area contributed by atoms with Crippen LogP contribution in [0.1, 0.15) is 56.0 Å². The Hall–Kier alpha value is -1.99. The Kier molecular flexibility index (Phi) is 6.95. The molecule has 2 unspecified atom stereocenters. The normalized spacial score (nSPS) is 18.3. The average Bonchev–Trinajstić information content (AvgIpc) is 3.07. The summed E-state index contributed by atoms with van der Waals surface area (Å²) >= 11 is 0. The highest BCUT2D eigenvalue weighted by Gasteiger charge is 2.29. The maximum Gasteiger partial charge on any atom is 0.293 e. The van der Waals surface area contributed by atoms with Crippen molar-refractivity contribution < 1.29 is 9.18 Å². The molecule has 2 N–H and O–H groups in total. The molecule has 1 aromatic heterocycles. The Bertz CT molecular complexity index is 792. The van der Waals surface area contributed by atoms with E-state index in [1.54, 1.807) is 21.7 Å². The lowest BCUT2D eigenvalue weighted by Gasteiger charge is -2.33. The number of nitrogens with two attached hydrogens (primary N) is 1. The number of likely N-dealkylation sites (tertiary alicyclic amines) is 1. The Balaban J connectivity index is 0.00000261. The fraction of sp³-hybridized carbons (Fsp3) is 0.526. The van der Waals surface area contributed by atoms with Gasteiger partial charge in [0.15, 0.2) is 0 Å². The van der Waals surface area contributed by atoms with E-state index in [-0.39, 0.29) is 41.9 Å². The van der Waals surface area contributed by atoms with Crippen molar-refractivity contribution in [3.05, 3.63) is 41.7 Å². The number of piperidine rings is 1. The molecule has 6 nitrogen and oxygen atoms in total. The number of aromatic nitrogens is 3. The van der Waals surface area contributed by atoms with Gasteiger partial charge in [0.05, 0.1) is 5.69 Å². The molecule has 2 heterocycles. The Morgan fingerprint density at radius 3 is 2.70 bits per heavy atom. The first-order valence-electron chi connectivity index (χ1n) is 9.14. The van der Waals surface area contributed by atoms with E-state index in [9.17, 15) is 9.18 Å².